The zero-order chi connectivity index (χ0) is 10.4. The average Bonchev–Trinajstić information content (AvgIpc) is 2.67. The predicted octanol–water partition coefficient (Wildman–Crippen LogP) is 1.63. The van der Waals surface area contributed by atoms with E-state index < -0.39 is 0 Å². The lowest BCUT2D eigenvalue weighted by Crippen LogP contribution is -2.33. The quantitative estimate of drug-likeness (QED) is 0.537. The van der Waals surface area contributed by atoms with Gasteiger partial charge in [0.05, 0.1) is 12.4 Å². The van der Waals surface area contributed by atoms with Gasteiger partial charge in [0.2, 0.25) is 0 Å². The largest absolute Gasteiger partial charge is 0.387 e. The third-order valence-electron chi connectivity index (χ3n) is 2.83. The Labute approximate surface area is 87.4 Å². The summed E-state index contributed by atoms with van der Waals surface area (Å²) in [6, 6.07) is 0.563. The van der Waals surface area contributed by atoms with Crippen molar-refractivity contribution in [1.82, 2.24) is 4.90 Å². The molecule has 0 aromatic carbocycles. The van der Waals surface area contributed by atoms with Crippen molar-refractivity contribution in [3.63, 3.8) is 0 Å². The second-order valence-electron chi connectivity index (χ2n) is 4.17. The molecule has 1 aliphatic rings. The third kappa shape index (κ3) is 3.66. The van der Waals surface area contributed by atoms with Gasteiger partial charge in [-0.15, -0.1) is 0 Å². The van der Waals surface area contributed by atoms with Crippen molar-refractivity contribution in [3.05, 3.63) is 0 Å². The third-order valence-corrected chi connectivity index (χ3v) is 2.83. The summed E-state index contributed by atoms with van der Waals surface area (Å²) in [6.45, 7) is 7.72. The van der Waals surface area contributed by atoms with Crippen LogP contribution in [0.3, 0.4) is 0 Å². The average molecular weight is 197 g/mol. The predicted molar refractivity (Wildman–Crippen MR) is 61.7 cm³/mol. The van der Waals surface area contributed by atoms with Crippen molar-refractivity contribution < 1.29 is 0 Å². The van der Waals surface area contributed by atoms with Crippen LogP contribution in [0.2, 0.25) is 0 Å². The van der Waals surface area contributed by atoms with Crippen LogP contribution in [-0.4, -0.2) is 36.4 Å². The first-order chi connectivity index (χ1) is 6.74. The highest BCUT2D eigenvalue weighted by molar-refractivity contribution is 5.80. The van der Waals surface area contributed by atoms with Gasteiger partial charge in [0.15, 0.2) is 0 Å². The molecule has 1 rings (SSSR count). The number of amidine groups is 1. The highest BCUT2D eigenvalue weighted by atomic mass is 15.2. The molecule has 0 spiro atoms. The van der Waals surface area contributed by atoms with E-state index in [-0.39, 0.29) is 0 Å². The number of nitrogens with two attached hydrogens (primary N) is 1. The molecule has 3 heteroatoms. The summed E-state index contributed by atoms with van der Waals surface area (Å²) in [7, 11) is 0. The van der Waals surface area contributed by atoms with Crippen molar-refractivity contribution in [3.8, 4) is 0 Å². The van der Waals surface area contributed by atoms with Crippen LogP contribution in [0.5, 0.6) is 0 Å². The Morgan fingerprint density at radius 1 is 1.43 bits per heavy atom. The van der Waals surface area contributed by atoms with Crippen LogP contribution in [-0.2, 0) is 0 Å². The maximum atomic E-state index is 5.76. The Hall–Kier alpha value is -0.570. The molecule has 1 aliphatic heterocycles. The molecule has 2 N–H and O–H groups in total. The van der Waals surface area contributed by atoms with E-state index in [1.54, 1.807) is 0 Å². The van der Waals surface area contributed by atoms with Crippen LogP contribution < -0.4 is 5.73 Å². The molecule has 0 aromatic heterocycles. The lowest BCUT2D eigenvalue weighted by atomic mass is 10.3. The fourth-order valence-electron chi connectivity index (χ4n) is 1.88. The van der Waals surface area contributed by atoms with E-state index >= 15 is 0 Å². The first kappa shape index (κ1) is 11.5. The smallest absolute Gasteiger partial charge is 0.0937 e. The second-order valence-corrected chi connectivity index (χ2v) is 4.17. The van der Waals surface area contributed by atoms with Crippen LogP contribution in [0.1, 0.15) is 39.5 Å². The van der Waals surface area contributed by atoms with Gasteiger partial charge < -0.3 is 5.73 Å². The standard InChI is InChI=1S/C11H23N3/c1-3-6-11(12)13-9-10(2)14-7-4-5-8-14/h10H,3-9H2,1-2H3,(H2,12,13). The summed E-state index contributed by atoms with van der Waals surface area (Å²) in [4.78, 5) is 6.91. The van der Waals surface area contributed by atoms with Gasteiger partial charge in [0.1, 0.15) is 0 Å². The van der Waals surface area contributed by atoms with Crippen molar-refractivity contribution >= 4 is 5.84 Å². The number of rotatable bonds is 5. The summed E-state index contributed by atoms with van der Waals surface area (Å²) in [5.41, 5.74) is 5.76. The Balaban J connectivity index is 2.25. The van der Waals surface area contributed by atoms with Gasteiger partial charge in [-0.05, 0) is 39.3 Å². The molecule has 0 aliphatic carbocycles. The van der Waals surface area contributed by atoms with Crippen LogP contribution in [0.4, 0.5) is 0 Å². The SMILES string of the molecule is CCCC(N)=NCC(C)N1CCCC1. The van der Waals surface area contributed by atoms with E-state index in [0.717, 1.165) is 25.2 Å². The monoisotopic (exact) mass is 197 g/mol. The molecule has 1 fully saturated rings. The van der Waals surface area contributed by atoms with Gasteiger partial charge in [0, 0.05) is 12.5 Å². The van der Waals surface area contributed by atoms with Crippen LogP contribution >= 0.6 is 0 Å². The molecule has 14 heavy (non-hydrogen) atoms. The van der Waals surface area contributed by atoms with Crippen molar-refractivity contribution in [2.24, 2.45) is 10.7 Å². The van der Waals surface area contributed by atoms with Gasteiger partial charge >= 0.3 is 0 Å². The Morgan fingerprint density at radius 2 is 2.07 bits per heavy atom. The van der Waals surface area contributed by atoms with Gasteiger partial charge in [0.25, 0.3) is 0 Å². The summed E-state index contributed by atoms with van der Waals surface area (Å²) in [5, 5.41) is 0. The second kappa shape index (κ2) is 6.02. The summed E-state index contributed by atoms with van der Waals surface area (Å²) in [5.74, 6) is 0.818. The fraction of sp³-hybridized carbons (Fsp3) is 0.909. The van der Waals surface area contributed by atoms with Gasteiger partial charge in [-0.2, -0.15) is 0 Å². The van der Waals surface area contributed by atoms with E-state index in [9.17, 15) is 0 Å². The number of hydrogen-bond donors (Lipinski definition) is 1. The minimum absolute atomic E-state index is 0.563. The molecule has 1 saturated heterocycles. The molecule has 0 aromatic rings. The van der Waals surface area contributed by atoms with E-state index in [2.05, 4.69) is 23.7 Å². The molecular formula is C11H23N3. The van der Waals surface area contributed by atoms with Crippen molar-refractivity contribution in [2.45, 2.75) is 45.6 Å². The van der Waals surface area contributed by atoms with Gasteiger partial charge in [-0.3, -0.25) is 9.89 Å². The topological polar surface area (TPSA) is 41.6 Å². The summed E-state index contributed by atoms with van der Waals surface area (Å²) in [6.07, 6.45) is 4.72. The minimum atomic E-state index is 0.563. The van der Waals surface area contributed by atoms with E-state index in [0.29, 0.717) is 6.04 Å². The van der Waals surface area contributed by atoms with Crippen LogP contribution in [0.15, 0.2) is 4.99 Å². The maximum Gasteiger partial charge on any atom is 0.0937 e. The fourth-order valence-corrected chi connectivity index (χ4v) is 1.88. The molecule has 3 nitrogen and oxygen atoms in total. The molecule has 0 bridgehead atoms. The maximum absolute atomic E-state index is 5.76. The zero-order valence-corrected chi connectivity index (χ0v) is 9.50. The number of aliphatic imine (C=N–C) groups is 1. The molecular weight excluding hydrogens is 174 g/mol. The number of hydrogen-bond acceptors (Lipinski definition) is 2. The van der Waals surface area contributed by atoms with Gasteiger partial charge in [-0.25, -0.2) is 0 Å². The lowest BCUT2D eigenvalue weighted by molar-refractivity contribution is 0.265. The zero-order valence-electron chi connectivity index (χ0n) is 9.50. The summed E-state index contributed by atoms with van der Waals surface area (Å²) < 4.78 is 0. The van der Waals surface area contributed by atoms with E-state index in [1.165, 1.54) is 25.9 Å². The Bertz CT molecular complexity index is 183. The van der Waals surface area contributed by atoms with Gasteiger partial charge in [-0.1, -0.05) is 6.92 Å². The number of nitrogens with zero attached hydrogens (tertiary/aromatic N) is 2. The molecule has 1 unspecified atom stereocenters. The summed E-state index contributed by atoms with van der Waals surface area (Å²) >= 11 is 0. The van der Waals surface area contributed by atoms with E-state index in [4.69, 9.17) is 5.73 Å². The highest BCUT2D eigenvalue weighted by Gasteiger charge is 2.17. The first-order valence-electron chi connectivity index (χ1n) is 5.77. The van der Waals surface area contributed by atoms with Crippen LogP contribution in [0, 0.1) is 0 Å². The molecule has 0 saturated carbocycles. The van der Waals surface area contributed by atoms with Crippen molar-refractivity contribution in [2.75, 3.05) is 19.6 Å². The van der Waals surface area contributed by atoms with Crippen molar-refractivity contribution in [1.29, 1.82) is 0 Å². The lowest BCUT2D eigenvalue weighted by Gasteiger charge is -2.21. The molecule has 82 valence electrons. The molecule has 1 atom stereocenters. The number of likely N-dealkylation sites (tertiary alicyclic amines) is 1. The van der Waals surface area contributed by atoms with E-state index in [1.807, 2.05) is 0 Å². The molecule has 1 heterocycles. The molecule has 0 radical (unpaired) electrons. The minimum Gasteiger partial charge on any atom is -0.387 e. The molecule has 0 amide bonds. The normalized spacial score (nSPS) is 21.4. The van der Waals surface area contributed by atoms with Crippen LogP contribution in [0.25, 0.3) is 0 Å². The highest BCUT2D eigenvalue weighted by Crippen LogP contribution is 2.11. The Morgan fingerprint density at radius 3 is 2.64 bits per heavy atom. The Kier molecular flexibility index (Phi) is 4.94. The first-order valence-corrected chi connectivity index (χ1v) is 5.77.